The summed E-state index contributed by atoms with van der Waals surface area (Å²) < 4.78 is 10.6. The van der Waals surface area contributed by atoms with Crippen molar-refractivity contribution in [3.8, 4) is 11.5 Å². The van der Waals surface area contributed by atoms with Crippen LogP contribution in [0.25, 0.3) is 0 Å². The van der Waals surface area contributed by atoms with E-state index >= 15 is 0 Å². The smallest absolute Gasteiger partial charge is 0.225 e. The van der Waals surface area contributed by atoms with E-state index in [4.69, 9.17) is 21.1 Å². The van der Waals surface area contributed by atoms with Crippen molar-refractivity contribution in [2.75, 3.05) is 27.8 Å². The maximum absolute atomic E-state index is 11.4. The molecule has 19 heavy (non-hydrogen) atoms. The molecule has 0 fully saturated rings. The van der Waals surface area contributed by atoms with E-state index in [1.807, 2.05) is 0 Å². The van der Waals surface area contributed by atoms with Gasteiger partial charge in [0, 0.05) is 25.2 Å². The van der Waals surface area contributed by atoms with Crippen LogP contribution in [0.5, 0.6) is 11.5 Å². The summed E-state index contributed by atoms with van der Waals surface area (Å²) in [5, 5.41) is 0.385. The standard InChI is InChI=1S/C13H16ClNO4/c1-15(2)12(17)4-5-19-13-9(8-16)6-10(14)7-11(13)18-3/h6-8H,4-5H2,1-3H3. The predicted molar refractivity (Wildman–Crippen MR) is 72.2 cm³/mol. The van der Waals surface area contributed by atoms with Crippen molar-refractivity contribution in [1.29, 1.82) is 0 Å². The Kier molecular flexibility index (Phi) is 5.63. The Morgan fingerprint density at radius 1 is 1.42 bits per heavy atom. The molecule has 0 saturated carbocycles. The van der Waals surface area contributed by atoms with E-state index in [0.29, 0.717) is 28.4 Å². The van der Waals surface area contributed by atoms with Gasteiger partial charge < -0.3 is 14.4 Å². The zero-order valence-electron chi connectivity index (χ0n) is 11.1. The molecule has 1 aromatic rings. The second-order valence-electron chi connectivity index (χ2n) is 4.03. The van der Waals surface area contributed by atoms with Crippen LogP contribution >= 0.6 is 11.6 Å². The summed E-state index contributed by atoms with van der Waals surface area (Å²) in [5.74, 6) is 0.612. The Labute approximate surface area is 117 Å². The molecule has 0 unspecified atom stereocenters. The predicted octanol–water partition coefficient (Wildman–Crippen LogP) is 2.02. The van der Waals surface area contributed by atoms with Gasteiger partial charge in [0.2, 0.25) is 5.91 Å². The maximum Gasteiger partial charge on any atom is 0.225 e. The third kappa shape index (κ3) is 4.13. The lowest BCUT2D eigenvalue weighted by atomic mass is 10.2. The fourth-order valence-electron chi connectivity index (χ4n) is 1.45. The molecular formula is C13H16ClNO4. The van der Waals surface area contributed by atoms with Crippen LogP contribution in [0.4, 0.5) is 0 Å². The fourth-order valence-corrected chi connectivity index (χ4v) is 1.66. The summed E-state index contributed by atoms with van der Waals surface area (Å²) in [6, 6.07) is 3.04. The molecule has 0 saturated heterocycles. The quantitative estimate of drug-likeness (QED) is 0.750. The summed E-state index contributed by atoms with van der Waals surface area (Å²) in [6.45, 7) is 0.163. The van der Waals surface area contributed by atoms with Gasteiger partial charge in [-0.15, -0.1) is 0 Å². The van der Waals surface area contributed by atoms with Crippen molar-refractivity contribution in [2.45, 2.75) is 6.42 Å². The minimum atomic E-state index is -0.0550. The van der Waals surface area contributed by atoms with Crippen molar-refractivity contribution in [2.24, 2.45) is 0 Å². The topological polar surface area (TPSA) is 55.8 Å². The molecule has 0 N–H and O–H groups in total. The molecule has 0 heterocycles. The van der Waals surface area contributed by atoms with Gasteiger partial charge >= 0.3 is 0 Å². The first-order valence-electron chi connectivity index (χ1n) is 5.65. The van der Waals surface area contributed by atoms with E-state index in [0.717, 1.165) is 0 Å². The lowest BCUT2D eigenvalue weighted by Gasteiger charge is -2.14. The third-order valence-electron chi connectivity index (χ3n) is 2.46. The van der Waals surface area contributed by atoms with Crippen molar-refractivity contribution in [3.05, 3.63) is 22.7 Å². The van der Waals surface area contributed by atoms with Crippen LogP contribution in [0.3, 0.4) is 0 Å². The number of ether oxygens (including phenoxy) is 2. The highest BCUT2D eigenvalue weighted by atomic mass is 35.5. The highest BCUT2D eigenvalue weighted by Gasteiger charge is 2.13. The van der Waals surface area contributed by atoms with Gasteiger partial charge in [-0.3, -0.25) is 9.59 Å². The van der Waals surface area contributed by atoms with Crippen LogP contribution in [0.15, 0.2) is 12.1 Å². The highest BCUT2D eigenvalue weighted by Crippen LogP contribution is 2.33. The van der Waals surface area contributed by atoms with Crippen molar-refractivity contribution in [1.82, 2.24) is 4.90 Å². The molecule has 104 valence electrons. The highest BCUT2D eigenvalue weighted by molar-refractivity contribution is 6.31. The summed E-state index contributed by atoms with van der Waals surface area (Å²) in [4.78, 5) is 23.9. The number of nitrogens with zero attached hydrogens (tertiary/aromatic N) is 1. The number of carbonyl (C=O) groups excluding carboxylic acids is 2. The first-order valence-corrected chi connectivity index (χ1v) is 6.03. The summed E-state index contributed by atoms with van der Waals surface area (Å²) in [6.07, 6.45) is 0.856. The molecule has 0 spiro atoms. The molecule has 0 atom stereocenters. The van der Waals surface area contributed by atoms with Gasteiger partial charge in [-0.05, 0) is 6.07 Å². The Hall–Kier alpha value is -1.75. The van der Waals surface area contributed by atoms with Gasteiger partial charge in [0.25, 0.3) is 0 Å². The zero-order valence-corrected chi connectivity index (χ0v) is 11.9. The summed E-state index contributed by atoms with van der Waals surface area (Å²) >= 11 is 5.85. The molecule has 1 amide bonds. The van der Waals surface area contributed by atoms with Crippen LogP contribution in [0, 0.1) is 0 Å². The number of carbonyl (C=O) groups is 2. The molecule has 0 aliphatic heterocycles. The SMILES string of the molecule is COc1cc(Cl)cc(C=O)c1OCCC(=O)N(C)C. The third-order valence-corrected chi connectivity index (χ3v) is 2.67. The monoisotopic (exact) mass is 285 g/mol. The van der Waals surface area contributed by atoms with E-state index in [-0.39, 0.29) is 18.9 Å². The van der Waals surface area contributed by atoms with Gasteiger partial charge in [-0.1, -0.05) is 11.6 Å². The molecule has 0 aromatic heterocycles. The first-order chi connectivity index (χ1) is 8.99. The number of aldehydes is 1. The van der Waals surface area contributed by atoms with Gasteiger partial charge in [0.1, 0.15) is 0 Å². The van der Waals surface area contributed by atoms with E-state index in [2.05, 4.69) is 0 Å². The number of amides is 1. The van der Waals surface area contributed by atoms with Gasteiger partial charge in [0.05, 0.1) is 25.7 Å². The Morgan fingerprint density at radius 2 is 2.11 bits per heavy atom. The molecule has 0 aliphatic carbocycles. The molecule has 6 heteroatoms. The minimum Gasteiger partial charge on any atom is -0.493 e. The van der Waals surface area contributed by atoms with E-state index in [1.165, 1.54) is 18.1 Å². The van der Waals surface area contributed by atoms with Gasteiger partial charge in [-0.25, -0.2) is 0 Å². The van der Waals surface area contributed by atoms with E-state index in [1.54, 1.807) is 20.2 Å². The Bertz CT molecular complexity index is 474. The Balaban J connectivity index is 2.82. The number of hydrogen-bond acceptors (Lipinski definition) is 4. The van der Waals surface area contributed by atoms with Crippen LogP contribution in [0.2, 0.25) is 5.02 Å². The molecule has 0 aliphatic rings. The van der Waals surface area contributed by atoms with Crippen molar-refractivity contribution in [3.63, 3.8) is 0 Å². The van der Waals surface area contributed by atoms with E-state index < -0.39 is 0 Å². The first kappa shape index (κ1) is 15.3. The molecular weight excluding hydrogens is 270 g/mol. The van der Waals surface area contributed by atoms with Crippen LogP contribution < -0.4 is 9.47 Å². The van der Waals surface area contributed by atoms with E-state index in [9.17, 15) is 9.59 Å². The van der Waals surface area contributed by atoms with Crippen molar-refractivity contribution >= 4 is 23.8 Å². The number of rotatable bonds is 6. The Morgan fingerprint density at radius 3 is 2.63 bits per heavy atom. The zero-order chi connectivity index (χ0) is 14.4. The van der Waals surface area contributed by atoms with Crippen molar-refractivity contribution < 1.29 is 19.1 Å². The number of methoxy groups -OCH3 is 1. The summed E-state index contributed by atoms with van der Waals surface area (Å²) in [5.41, 5.74) is 0.293. The molecule has 1 rings (SSSR count). The van der Waals surface area contributed by atoms with Crippen LogP contribution in [-0.2, 0) is 4.79 Å². The average molecular weight is 286 g/mol. The minimum absolute atomic E-state index is 0.0550. The number of hydrogen-bond donors (Lipinski definition) is 0. The molecule has 1 aromatic carbocycles. The lowest BCUT2D eigenvalue weighted by Crippen LogP contribution is -2.23. The molecule has 5 nitrogen and oxygen atoms in total. The normalized spacial score (nSPS) is 9.89. The summed E-state index contributed by atoms with van der Waals surface area (Å²) in [7, 11) is 4.79. The second kappa shape index (κ2) is 6.99. The number of benzene rings is 1. The molecule has 0 radical (unpaired) electrons. The largest absolute Gasteiger partial charge is 0.493 e. The van der Waals surface area contributed by atoms with Gasteiger partial charge in [0.15, 0.2) is 17.8 Å². The number of halogens is 1. The average Bonchev–Trinajstić information content (AvgIpc) is 2.39. The van der Waals surface area contributed by atoms with Crippen LogP contribution in [-0.4, -0.2) is 44.9 Å². The van der Waals surface area contributed by atoms with Gasteiger partial charge in [-0.2, -0.15) is 0 Å². The van der Waals surface area contributed by atoms with Crippen LogP contribution in [0.1, 0.15) is 16.8 Å². The lowest BCUT2D eigenvalue weighted by molar-refractivity contribution is -0.129. The fraction of sp³-hybridized carbons (Fsp3) is 0.385. The second-order valence-corrected chi connectivity index (χ2v) is 4.47. The molecule has 0 bridgehead atoms. The maximum atomic E-state index is 11.4.